The molecule has 6 rings (SSSR count). The Balaban J connectivity index is 1.64. The number of nitro groups is 1. The first-order valence-electron chi connectivity index (χ1n) is 10.7. The average molecular weight is 424 g/mol. The van der Waals surface area contributed by atoms with Crippen molar-refractivity contribution < 1.29 is 9.34 Å². The molecule has 1 aliphatic heterocycles. The predicted octanol–water partition coefficient (Wildman–Crippen LogP) is 5.83. The molecule has 2 aliphatic rings. The molecule has 0 radical (unpaired) electrons. The van der Waals surface area contributed by atoms with E-state index < -0.39 is 0 Å². The van der Waals surface area contributed by atoms with Gasteiger partial charge in [0.15, 0.2) is 5.76 Å². The summed E-state index contributed by atoms with van der Waals surface area (Å²) in [6.45, 7) is 1.99. The average Bonchev–Trinajstić information content (AvgIpc) is 3.36. The molecule has 0 unspecified atom stereocenters. The maximum Gasteiger partial charge on any atom is 0.278 e. The molecule has 7 nitrogen and oxygen atoms in total. The van der Waals surface area contributed by atoms with Gasteiger partial charge in [0, 0.05) is 11.6 Å². The maximum absolute atomic E-state index is 11.8. The van der Waals surface area contributed by atoms with Crippen molar-refractivity contribution in [3.05, 3.63) is 99.7 Å². The van der Waals surface area contributed by atoms with Gasteiger partial charge in [0.1, 0.15) is 12.0 Å². The van der Waals surface area contributed by atoms with Crippen LogP contribution in [0.5, 0.6) is 0 Å². The molecule has 0 N–H and O–H groups in total. The van der Waals surface area contributed by atoms with Crippen molar-refractivity contribution in [1.82, 2.24) is 9.55 Å². The van der Waals surface area contributed by atoms with Crippen LogP contribution in [0, 0.1) is 10.1 Å². The van der Waals surface area contributed by atoms with Crippen LogP contribution in [0.1, 0.15) is 54.1 Å². The number of aliphatic imine (C=N–C) groups is 1. The summed E-state index contributed by atoms with van der Waals surface area (Å²) >= 11 is 0. The molecule has 7 heteroatoms. The second-order valence-electron chi connectivity index (χ2n) is 8.30. The molecule has 1 atom stereocenters. The Morgan fingerprint density at radius 3 is 2.69 bits per heavy atom. The minimum Gasteiger partial charge on any atom is -0.463 e. The second kappa shape index (κ2) is 7.02. The summed E-state index contributed by atoms with van der Waals surface area (Å²) in [6, 6.07) is 16.6. The molecule has 1 fully saturated rings. The summed E-state index contributed by atoms with van der Waals surface area (Å²) in [6.07, 6.45) is 5.76. The van der Waals surface area contributed by atoms with Gasteiger partial charge in [0.2, 0.25) is 0 Å². The lowest BCUT2D eigenvalue weighted by Gasteiger charge is -2.14. The van der Waals surface area contributed by atoms with E-state index >= 15 is 0 Å². The van der Waals surface area contributed by atoms with Crippen molar-refractivity contribution in [2.24, 2.45) is 4.99 Å². The molecular formula is C25H20N4O3. The summed E-state index contributed by atoms with van der Waals surface area (Å²) < 4.78 is 7.67. The molecular weight excluding hydrogens is 404 g/mol. The molecule has 158 valence electrons. The topological polar surface area (TPSA) is 86.5 Å². The van der Waals surface area contributed by atoms with Gasteiger partial charge in [0.25, 0.3) is 5.69 Å². The van der Waals surface area contributed by atoms with Crippen LogP contribution in [0.15, 0.2) is 76.6 Å². The van der Waals surface area contributed by atoms with Gasteiger partial charge in [-0.3, -0.25) is 19.7 Å². The number of benzene rings is 2. The molecule has 2 aromatic carbocycles. The van der Waals surface area contributed by atoms with E-state index in [1.54, 1.807) is 24.7 Å². The van der Waals surface area contributed by atoms with E-state index in [9.17, 15) is 10.1 Å². The van der Waals surface area contributed by atoms with E-state index in [2.05, 4.69) is 23.2 Å². The summed E-state index contributed by atoms with van der Waals surface area (Å²) in [5.41, 5.74) is 5.89. The first kappa shape index (κ1) is 18.7. The zero-order chi connectivity index (χ0) is 21.8. The number of hydrogen-bond donors (Lipinski definition) is 0. The highest BCUT2D eigenvalue weighted by molar-refractivity contribution is 6.17. The van der Waals surface area contributed by atoms with Crippen LogP contribution in [-0.4, -0.2) is 20.2 Å². The third-order valence-corrected chi connectivity index (χ3v) is 6.22. The minimum absolute atomic E-state index is 0.0530. The summed E-state index contributed by atoms with van der Waals surface area (Å²) in [7, 11) is 0. The largest absolute Gasteiger partial charge is 0.463 e. The van der Waals surface area contributed by atoms with E-state index in [-0.39, 0.29) is 16.7 Å². The number of imidazole rings is 1. The number of rotatable bonds is 4. The molecule has 0 bridgehead atoms. The van der Waals surface area contributed by atoms with Crippen molar-refractivity contribution in [3.8, 4) is 17.1 Å². The van der Waals surface area contributed by atoms with Crippen LogP contribution >= 0.6 is 0 Å². The Bertz CT molecular complexity index is 1380. The van der Waals surface area contributed by atoms with Gasteiger partial charge in [-0.2, -0.15) is 0 Å². The monoisotopic (exact) mass is 424 g/mol. The van der Waals surface area contributed by atoms with Crippen LogP contribution in [0.4, 0.5) is 5.69 Å². The Kier molecular flexibility index (Phi) is 4.11. The van der Waals surface area contributed by atoms with E-state index in [0.29, 0.717) is 23.0 Å². The number of aromatic nitrogens is 2. The number of nitro benzene ring substituents is 1. The Labute approximate surface area is 184 Å². The van der Waals surface area contributed by atoms with Gasteiger partial charge in [-0.25, -0.2) is 4.98 Å². The summed E-state index contributed by atoms with van der Waals surface area (Å²) in [5, 5.41) is 11.8. The predicted molar refractivity (Wildman–Crippen MR) is 120 cm³/mol. The third-order valence-electron chi connectivity index (χ3n) is 6.22. The number of para-hydroxylation sites is 1. The third kappa shape index (κ3) is 2.89. The van der Waals surface area contributed by atoms with Crippen molar-refractivity contribution in [3.63, 3.8) is 0 Å². The lowest BCUT2D eigenvalue weighted by Crippen LogP contribution is -2.10. The van der Waals surface area contributed by atoms with Crippen LogP contribution in [-0.2, 0) is 0 Å². The van der Waals surface area contributed by atoms with Crippen LogP contribution in [0.25, 0.3) is 17.1 Å². The van der Waals surface area contributed by atoms with E-state index in [0.717, 1.165) is 22.6 Å². The van der Waals surface area contributed by atoms with Gasteiger partial charge in [-0.1, -0.05) is 18.2 Å². The second-order valence-corrected chi connectivity index (χ2v) is 8.30. The fourth-order valence-corrected chi connectivity index (χ4v) is 4.55. The molecule has 1 saturated carbocycles. The summed E-state index contributed by atoms with van der Waals surface area (Å²) in [4.78, 5) is 21.2. The van der Waals surface area contributed by atoms with Gasteiger partial charge < -0.3 is 4.42 Å². The SMILES string of the molecule is C[C@@H]1N=C(c2ccccc2[N+](=O)[O-])c2cc(C3CC3)ccc2-n2cnc(-c3ccco3)c21. The quantitative estimate of drug-likeness (QED) is 0.305. The Hall–Kier alpha value is -4.00. The molecule has 0 amide bonds. The van der Waals surface area contributed by atoms with E-state index in [1.807, 2.05) is 29.7 Å². The van der Waals surface area contributed by atoms with Crippen molar-refractivity contribution >= 4 is 11.4 Å². The van der Waals surface area contributed by atoms with Gasteiger partial charge in [0.05, 0.1) is 39.9 Å². The Morgan fingerprint density at radius 2 is 1.94 bits per heavy atom. The highest BCUT2D eigenvalue weighted by Crippen LogP contribution is 2.43. The Morgan fingerprint density at radius 1 is 1.09 bits per heavy atom. The molecule has 3 heterocycles. The first-order chi connectivity index (χ1) is 15.6. The van der Waals surface area contributed by atoms with Crippen LogP contribution in [0.3, 0.4) is 0 Å². The zero-order valence-electron chi connectivity index (χ0n) is 17.4. The molecule has 32 heavy (non-hydrogen) atoms. The number of nitrogens with zero attached hydrogens (tertiary/aromatic N) is 4. The highest BCUT2D eigenvalue weighted by Gasteiger charge is 2.31. The number of fused-ring (bicyclic) bond motifs is 3. The van der Waals surface area contributed by atoms with Gasteiger partial charge in [-0.05, 0) is 61.6 Å². The van der Waals surface area contributed by atoms with E-state index in [4.69, 9.17) is 9.41 Å². The highest BCUT2D eigenvalue weighted by atomic mass is 16.6. The number of furan rings is 1. The molecule has 1 aliphatic carbocycles. The lowest BCUT2D eigenvalue weighted by atomic mass is 9.96. The van der Waals surface area contributed by atoms with Crippen molar-refractivity contribution in [2.75, 3.05) is 0 Å². The van der Waals surface area contributed by atoms with E-state index in [1.165, 1.54) is 24.5 Å². The molecule has 0 saturated heterocycles. The molecule has 4 aromatic rings. The molecule has 2 aromatic heterocycles. The van der Waals surface area contributed by atoms with Crippen LogP contribution in [0.2, 0.25) is 0 Å². The maximum atomic E-state index is 11.8. The molecule has 0 spiro atoms. The van der Waals surface area contributed by atoms with Crippen LogP contribution < -0.4 is 0 Å². The normalized spacial score (nSPS) is 17.3. The van der Waals surface area contributed by atoms with Gasteiger partial charge >= 0.3 is 0 Å². The fraction of sp³-hybridized carbons (Fsp3) is 0.200. The fourth-order valence-electron chi connectivity index (χ4n) is 4.55. The summed E-state index contributed by atoms with van der Waals surface area (Å²) in [5.74, 6) is 1.22. The van der Waals surface area contributed by atoms with Gasteiger partial charge in [-0.15, -0.1) is 0 Å². The first-order valence-corrected chi connectivity index (χ1v) is 10.7. The number of hydrogen-bond acceptors (Lipinski definition) is 5. The smallest absolute Gasteiger partial charge is 0.278 e. The minimum atomic E-state index is -0.339. The van der Waals surface area contributed by atoms with Crippen molar-refractivity contribution in [1.29, 1.82) is 0 Å². The standard InChI is InChI=1S/C25H20N4O3/c1-15-25-24(22-7-4-12-32-22)26-14-28(25)20-11-10-17(16-8-9-16)13-19(20)23(27-15)18-5-2-3-6-21(18)29(30)31/h2-7,10-16H,8-9H2,1H3/t15-/m0/s1. The van der Waals surface area contributed by atoms with Crippen molar-refractivity contribution in [2.45, 2.75) is 31.7 Å². The lowest BCUT2D eigenvalue weighted by molar-refractivity contribution is -0.385. The zero-order valence-corrected chi connectivity index (χ0v) is 17.4.